The summed E-state index contributed by atoms with van der Waals surface area (Å²) in [5.74, 6) is -0.323. The van der Waals surface area contributed by atoms with Crippen LogP contribution < -0.4 is 10.2 Å². The number of nitrogens with zero attached hydrogens (tertiary/aromatic N) is 3. The van der Waals surface area contributed by atoms with E-state index in [0.717, 1.165) is 41.8 Å². The fourth-order valence-electron chi connectivity index (χ4n) is 4.81. The minimum absolute atomic E-state index is 0.225. The highest BCUT2D eigenvalue weighted by Crippen LogP contribution is 2.38. The van der Waals surface area contributed by atoms with Crippen molar-refractivity contribution >= 4 is 16.7 Å². The zero-order chi connectivity index (χ0) is 18.3. The van der Waals surface area contributed by atoms with E-state index in [1.807, 2.05) is 12.4 Å². The van der Waals surface area contributed by atoms with Crippen LogP contribution in [0.25, 0.3) is 22.2 Å². The van der Waals surface area contributed by atoms with E-state index in [4.69, 9.17) is 0 Å². The molecular formula is C21H24FN5. The topological polar surface area (TPSA) is 56.8 Å². The van der Waals surface area contributed by atoms with Crippen molar-refractivity contribution in [3.05, 3.63) is 42.7 Å². The summed E-state index contributed by atoms with van der Waals surface area (Å²) in [7, 11) is 0. The molecule has 5 heterocycles. The molecule has 0 aromatic carbocycles. The van der Waals surface area contributed by atoms with E-state index in [9.17, 15) is 4.39 Å². The van der Waals surface area contributed by atoms with Gasteiger partial charge in [0, 0.05) is 59.4 Å². The minimum Gasteiger partial charge on any atom is -0.369 e. The summed E-state index contributed by atoms with van der Waals surface area (Å²) in [4.78, 5) is 14.3. The Hall–Kier alpha value is -2.47. The quantitative estimate of drug-likeness (QED) is 0.724. The van der Waals surface area contributed by atoms with Crippen LogP contribution in [0, 0.1) is 5.82 Å². The summed E-state index contributed by atoms with van der Waals surface area (Å²) < 4.78 is 13.7. The molecule has 5 nitrogen and oxygen atoms in total. The van der Waals surface area contributed by atoms with Crippen LogP contribution in [0.5, 0.6) is 0 Å². The molecule has 140 valence electrons. The Morgan fingerprint density at radius 2 is 2.07 bits per heavy atom. The smallest absolute Gasteiger partial charge is 0.142 e. The molecule has 5 rings (SSSR count). The molecule has 2 saturated heterocycles. The fraction of sp³-hybridized carbons (Fsp3) is 0.429. The number of hydrogen-bond acceptors (Lipinski definition) is 4. The summed E-state index contributed by atoms with van der Waals surface area (Å²) in [6, 6.07) is 3.63. The maximum atomic E-state index is 13.7. The van der Waals surface area contributed by atoms with E-state index >= 15 is 0 Å². The monoisotopic (exact) mass is 365 g/mol. The van der Waals surface area contributed by atoms with Gasteiger partial charge in [0.15, 0.2) is 0 Å². The van der Waals surface area contributed by atoms with Crippen LogP contribution in [-0.2, 0) is 0 Å². The third kappa shape index (κ3) is 2.98. The Balaban J connectivity index is 1.58. The molecular weight excluding hydrogens is 341 g/mol. The largest absolute Gasteiger partial charge is 0.369 e. The summed E-state index contributed by atoms with van der Waals surface area (Å²) in [5, 5.41) is 4.86. The molecule has 6 heteroatoms. The fourth-order valence-corrected chi connectivity index (χ4v) is 4.81. The molecule has 2 fully saturated rings. The standard InChI is InChI=1S/C21H24FN5/c22-16-10-15(11-23-12-16)17-13-25-20-19(17)18(4-8-24-20)27-9-3-6-21(14-27)5-1-2-7-26-21/h4,8,10-13,26H,1-3,5-7,9,14H2,(H,24,25). The van der Waals surface area contributed by atoms with Crippen LogP contribution in [0.2, 0.25) is 0 Å². The Morgan fingerprint density at radius 3 is 2.93 bits per heavy atom. The number of H-pyrrole nitrogens is 1. The number of pyridine rings is 2. The molecule has 0 amide bonds. The third-order valence-corrected chi connectivity index (χ3v) is 6.07. The molecule has 1 unspecified atom stereocenters. The molecule has 2 aliphatic heterocycles. The van der Waals surface area contributed by atoms with Crippen molar-refractivity contribution in [3.63, 3.8) is 0 Å². The molecule has 0 aliphatic carbocycles. The molecule has 1 atom stereocenters. The summed E-state index contributed by atoms with van der Waals surface area (Å²) >= 11 is 0. The van der Waals surface area contributed by atoms with E-state index in [-0.39, 0.29) is 11.4 Å². The minimum atomic E-state index is -0.323. The molecule has 3 aromatic heterocycles. The maximum absolute atomic E-state index is 13.7. The van der Waals surface area contributed by atoms with E-state index in [0.29, 0.717) is 0 Å². The number of rotatable bonds is 2. The lowest BCUT2D eigenvalue weighted by Crippen LogP contribution is -2.59. The highest BCUT2D eigenvalue weighted by molar-refractivity contribution is 6.02. The van der Waals surface area contributed by atoms with E-state index in [1.165, 1.54) is 50.1 Å². The SMILES string of the molecule is Fc1cncc(-c2c[nH]c3nccc(N4CCCC5(CCCCN5)C4)c23)c1. The molecule has 3 aromatic rings. The average Bonchev–Trinajstić information content (AvgIpc) is 3.13. The first kappa shape index (κ1) is 16.7. The highest BCUT2D eigenvalue weighted by Gasteiger charge is 2.36. The number of piperidine rings is 2. The van der Waals surface area contributed by atoms with Gasteiger partial charge in [-0.3, -0.25) is 4.98 Å². The second-order valence-corrected chi connectivity index (χ2v) is 7.84. The van der Waals surface area contributed by atoms with Gasteiger partial charge in [0.25, 0.3) is 0 Å². The lowest BCUT2D eigenvalue weighted by molar-refractivity contribution is 0.216. The number of halogens is 1. The zero-order valence-electron chi connectivity index (χ0n) is 15.3. The normalized spacial score (nSPS) is 23.2. The first-order chi connectivity index (χ1) is 13.2. The van der Waals surface area contributed by atoms with Gasteiger partial charge in [-0.2, -0.15) is 0 Å². The Kier molecular flexibility index (Phi) is 4.08. The van der Waals surface area contributed by atoms with E-state index in [1.54, 1.807) is 6.20 Å². The molecule has 0 radical (unpaired) electrons. The number of nitrogens with one attached hydrogen (secondary N) is 2. The predicted octanol–water partition coefficient (Wildman–Crippen LogP) is 3.88. The lowest BCUT2D eigenvalue weighted by Gasteiger charge is -2.47. The second kappa shape index (κ2) is 6.60. The van der Waals surface area contributed by atoms with Gasteiger partial charge in [0.05, 0.1) is 6.20 Å². The van der Waals surface area contributed by atoms with Crippen molar-refractivity contribution < 1.29 is 4.39 Å². The van der Waals surface area contributed by atoms with Gasteiger partial charge >= 0.3 is 0 Å². The van der Waals surface area contributed by atoms with Crippen LogP contribution in [0.4, 0.5) is 10.1 Å². The van der Waals surface area contributed by atoms with Crippen molar-refractivity contribution in [2.75, 3.05) is 24.5 Å². The molecule has 0 saturated carbocycles. The first-order valence-electron chi connectivity index (χ1n) is 9.81. The second-order valence-electron chi connectivity index (χ2n) is 7.84. The zero-order valence-corrected chi connectivity index (χ0v) is 15.3. The molecule has 0 bridgehead atoms. The van der Waals surface area contributed by atoms with Gasteiger partial charge in [-0.15, -0.1) is 0 Å². The van der Waals surface area contributed by atoms with Gasteiger partial charge in [-0.1, -0.05) is 6.42 Å². The highest BCUT2D eigenvalue weighted by atomic mass is 19.1. The number of aromatic nitrogens is 3. The van der Waals surface area contributed by atoms with E-state index < -0.39 is 0 Å². The number of anilines is 1. The van der Waals surface area contributed by atoms with Gasteiger partial charge < -0.3 is 15.2 Å². The van der Waals surface area contributed by atoms with Crippen molar-refractivity contribution in [3.8, 4) is 11.1 Å². The van der Waals surface area contributed by atoms with Crippen LogP contribution >= 0.6 is 0 Å². The van der Waals surface area contributed by atoms with Crippen LogP contribution in [0.15, 0.2) is 36.9 Å². The van der Waals surface area contributed by atoms with Crippen molar-refractivity contribution in [2.45, 2.75) is 37.6 Å². The van der Waals surface area contributed by atoms with Gasteiger partial charge in [0.2, 0.25) is 0 Å². The molecule has 2 aliphatic rings. The first-order valence-corrected chi connectivity index (χ1v) is 9.81. The summed E-state index contributed by atoms with van der Waals surface area (Å²) in [6.07, 6.45) is 13.0. The Bertz CT molecular complexity index is 955. The van der Waals surface area contributed by atoms with Crippen LogP contribution in [0.3, 0.4) is 0 Å². The lowest BCUT2D eigenvalue weighted by atomic mass is 9.81. The molecule has 27 heavy (non-hydrogen) atoms. The van der Waals surface area contributed by atoms with Crippen molar-refractivity contribution in [2.24, 2.45) is 0 Å². The summed E-state index contributed by atoms with van der Waals surface area (Å²) in [6.45, 7) is 3.16. The maximum Gasteiger partial charge on any atom is 0.142 e. The third-order valence-electron chi connectivity index (χ3n) is 6.07. The Morgan fingerprint density at radius 1 is 1.15 bits per heavy atom. The van der Waals surface area contributed by atoms with Crippen LogP contribution in [-0.4, -0.2) is 40.1 Å². The number of fused-ring (bicyclic) bond motifs is 1. The average molecular weight is 365 g/mol. The molecule has 1 spiro atoms. The number of aromatic amines is 1. The Labute approximate surface area is 158 Å². The van der Waals surface area contributed by atoms with Crippen molar-refractivity contribution in [1.82, 2.24) is 20.3 Å². The van der Waals surface area contributed by atoms with Gasteiger partial charge in [-0.05, 0) is 44.4 Å². The van der Waals surface area contributed by atoms with Gasteiger partial charge in [-0.25, -0.2) is 9.37 Å². The van der Waals surface area contributed by atoms with Crippen molar-refractivity contribution in [1.29, 1.82) is 0 Å². The van der Waals surface area contributed by atoms with Gasteiger partial charge in [0.1, 0.15) is 11.5 Å². The van der Waals surface area contributed by atoms with Crippen LogP contribution in [0.1, 0.15) is 32.1 Å². The summed E-state index contributed by atoms with van der Waals surface area (Å²) in [5.41, 5.74) is 3.97. The number of hydrogen-bond donors (Lipinski definition) is 2. The molecule has 2 N–H and O–H groups in total. The van der Waals surface area contributed by atoms with E-state index in [2.05, 4.69) is 31.2 Å². The predicted molar refractivity (Wildman–Crippen MR) is 105 cm³/mol.